The van der Waals surface area contributed by atoms with E-state index in [1.165, 1.54) is 25.7 Å². The number of carbonyl (C=O) groups excluding carboxylic acids is 1. The topological polar surface area (TPSA) is 58.4 Å². The van der Waals surface area contributed by atoms with E-state index in [-0.39, 0.29) is 11.9 Å². The first kappa shape index (κ1) is 13.5. The number of carbonyl (C=O) groups is 1. The normalized spacial score (nSPS) is 25.2. The van der Waals surface area contributed by atoms with Gasteiger partial charge >= 0.3 is 0 Å². The quantitative estimate of drug-likeness (QED) is 0.433. The van der Waals surface area contributed by atoms with Crippen molar-refractivity contribution in [3.63, 3.8) is 0 Å². The van der Waals surface area contributed by atoms with Gasteiger partial charge in [0.15, 0.2) is 0 Å². The maximum atomic E-state index is 11.8. The van der Waals surface area contributed by atoms with E-state index in [1.54, 1.807) is 0 Å². The Morgan fingerprint density at radius 3 is 2.62 bits per heavy atom. The van der Waals surface area contributed by atoms with E-state index in [4.69, 9.17) is 5.84 Å². The zero-order valence-corrected chi connectivity index (χ0v) is 10.7. The summed E-state index contributed by atoms with van der Waals surface area (Å²) in [6.07, 6.45) is 4.91. The molecule has 0 aromatic rings. The van der Waals surface area contributed by atoms with Crippen molar-refractivity contribution in [3.05, 3.63) is 0 Å². The van der Waals surface area contributed by atoms with Gasteiger partial charge in [-0.05, 0) is 32.2 Å². The van der Waals surface area contributed by atoms with Crippen molar-refractivity contribution in [1.82, 2.24) is 10.3 Å². The second-order valence-corrected chi connectivity index (χ2v) is 5.13. The van der Waals surface area contributed by atoms with E-state index in [9.17, 15) is 4.79 Å². The number of rotatable bonds is 3. The molecule has 0 radical (unpaired) electrons. The molecule has 4 nitrogen and oxygen atoms in total. The highest BCUT2D eigenvalue weighted by atomic mass is 16.2. The lowest BCUT2D eigenvalue weighted by Crippen LogP contribution is -2.54. The van der Waals surface area contributed by atoms with E-state index in [1.807, 2.05) is 0 Å². The highest BCUT2D eigenvalue weighted by molar-refractivity contribution is 5.81. The van der Waals surface area contributed by atoms with Gasteiger partial charge in [-0.3, -0.25) is 15.1 Å². The maximum absolute atomic E-state index is 11.8. The number of nitrogens with two attached hydrogens (primary N) is 1. The van der Waals surface area contributed by atoms with Crippen molar-refractivity contribution in [2.75, 3.05) is 6.54 Å². The molecular formula is C12H25N3O. The van der Waals surface area contributed by atoms with Crippen molar-refractivity contribution in [1.29, 1.82) is 0 Å². The van der Waals surface area contributed by atoms with Crippen molar-refractivity contribution < 1.29 is 4.79 Å². The Labute approximate surface area is 98.5 Å². The van der Waals surface area contributed by atoms with Gasteiger partial charge in [0.25, 0.3) is 5.91 Å². The number of hydrogen-bond acceptors (Lipinski definition) is 3. The summed E-state index contributed by atoms with van der Waals surface area (Å²) in [4.78, 5) is 14.2. The van der Waals surface area contributed by atoms with E-state index < -0.39 is 0 Å². The van der Waals surface area contributed by atoms with Crippen LogP contribution in [0.2, 0.25) is 0 Å². The number of nitrogens with zero attached hydrogens (tertiary/aromatic N) is 1. The van der Waals surface area contributed by atoms with Gasteiger partial charge in [0.2, 0.25) is 0 Å². The third kappa shape index (κ3) is 3.19. The molecule has 1 aliphatic rings. The molecule has 0 bridgehead atoms. The molecule has 1 fully saturated rings. The minimum atomic E-state index is -0.0851. The van der Waals surface area contributed by atoms with E-state index in [0.29, 0.717) is 12.0 Å². The van der Waals surface area contributed by atoms with Gasteiger partial charge in [-0.2, -0.15) is 0 Å². The number of hydrogen-bond donors (Lipinski definition) is 2. The molecule has 0 aromatic heterocycles. The first-order valence-corrected chi connectivity index (χ1v) is 6.34. The van der Waals surface area contributed by atoms with Gasteiger partial charge in [0.05, 0.1) is 6.04 Å². The minimum absolute atomic E-state index is 0.0521. The van der Waals surface area contributed by atoms with Crippen LogP contribution >= 0.6 is 0 Å². The van der Waals surface area contributed by atoms with Crippen molar-refractivity contribution in [2.24, 2.45) is 11.8 Å². The molecule has 1 heterocycles. The van der Waals surface area contributed by atoms with Gasteiger partial charge in [-0.25, -0.2) is 5.84 Å². The average molecular weight is 227 g/mol. The molecule has 0 spiro atoms. The van der Waals surface area contributed by atoms with E-state index in [2.05, 4.69) is 31.1 Å². The van der Waals surface area contributed by atoms with Gasteiger partial charge in [-0.15, -0.1) is 0 Å². The molecule has 1 amide bonds. The van der Waals surface area contributed by atoms with Gasteiger partial charge < -0.3 is 0 Å². The molecule has 94 valence electrons. The van der Waals surface area contributed by atoms with Crippen LogP contribution in [0.1, 0.15) is 46.5 Å². The molecule has 1 aliphatic heterocycles. The average Bonchev–Trinajstić information content (AvgIpc) is 2.44. The SMILES string of the molecule is CC(C)C(C(=O)NN)N1CCCCCC1C. The van der Waals surface area contributed by atoms with Crippen molar-refractivity contribution in [2.45, 2.75) is 58.5 Å². The third-order valence-corrected chi connectivity index (χ3v) is 3.50. The first-order chi connectivity index (χ1) is 7.57. The fourth-order valence-corrected chi connectivity index (χ4v) is 2.63. The molecule has 4 heteroatoms. The van der Waals surface area contributed by atoms with E-state index in [0.717, 1.165) is 6.54 Å². The van der Waals surface area contributed by atoms with Crippen LogP contribution in [0, 0.1) is 5.92 Å². The molecular weight excluding hydrogens is 202 g/mol. The summed E-state index contributed by atoms with van der Waals surface area (Å²) in [5.41, 5.74) is 2.30. The fraction of sp³-hybridized carbons (Fsp3) is 0.917. The molecule has 0 saturated carbocycles. The molecule has 1 rings (SSSR count). The van der Waals surface area contributed by atoms with Gasteiger partial charge in [0, 0.05) is 6.04 Å². The predicted octanol–water partition coefficient (Wildman–Crippen LogP) is 1.27. The molecule has 0 aromatic carbocycles. The summed E-state index contributed by atoms with van der Waals surface area (Å²) in [5.74, 6) is 5.52. The molecule has 16 heavy (non-hydrogen) atoms. The van der Waals surface area contributed by atoms with Gasteiger partial charge in [-0.1, -0.05) is 26.7 Å². The summed E-state index contributed by atoms with van der Waals surface area (Å²) < 4.78 is 0. The Morgan fingerprint density at radius 2 is 2.06 bits per heavy atom. The summed E-state index contributed by atoms with van der Waals surface area (Å²) >= 11 is 0. The van der Waals surface area contributed by atoms with Crippen LogP contribution in [0.3, 0.4) is 0 Å². The molecule has 3 N–H and O–H groups in total. The fourth-order valence-electron chi connectivity index (χ4n) is 2.63. The zero-order valence-electron chi connectivity index (χ0n) is 10.7. The number of amides is 1. The van der Waals surface area contributed by atoms with E-state index >= 15 is 0 Å². The Bertz CT molecular complexity index is 230. The summed E-state index contributed by atoms with van der Waals surface area (Å²) in [5, 5.41) is 0. The monoisotopic (exact) mass is 227 g/mol. The molecule has 0 aliphatic carbocycles. The lowest BCUT2D eigenvalue weighted by Gasteiger charge is -2.36. The maximum Gasteiger partial charge on any atom is 0.251 e. The lowest BCUT2D eigenvalue weighted by atomic mass is 9.99. The smallest absolute Gasteiger partial charge is 0.251 e. The summed E-state index contributed by atoms with van der Waals surface area (Å²) in [6, 6.07) is 0.394. The van der Waals surface area contributed by atoms with Crippen LogP contribution in [0.15, 0.2) is 0 Å². The highest BCUT2D eigenvalue weighted by Crippen LogP contribution is 2.22. The largest absolute Gasteiger partial charge is 0.293 e. The predicted molar refractivity (Wildman–Crippen MR) is 65.6 cm³/mol. The van der Waals surface area contributed by atoms with Crippen LogP contribution < -0.4 is 11.3 Å². The number of hydrazine groups is 1. The van der Waals surface area contributed by atoms with Crippen molar-refractivity contribution >= 4 is 5.91 Å². The minimum Gasteiger partial charge on any atom is -0.293 e. The second-order valence-electron chi connectivity index (χ2n) is 5.13. The summed E-state index contributed by atoms with van der Waals surface area (Å²) in [6.45, 7) is 7.39. The first-order valence-electron chi connectivity index (χ1n) is 6.34. The Kier molecular flexibility index (Phi) is 5.22. The Morgan fingerprint density at radius 1 is 1.38 bits per heavy atom. The second kappa shape index (κ2) is 6.21. The van der Waals surface area contributed by atoms with Crippen LogP contribution in [0.4, 0.5) is 0 Å². The van der Waals surface area contributed by atoms with Crippen LogP contribution in [-0.4, -0.2) is 29.4 Å². The van der Waals surface area contributed by atoms with Crippen molar-refractivity contribution in [3.8, 4) is 0 Å². The Hall–Kier alpha value is -0.610. The highest BCUT2D eigenvalue weighted by Gasteiger charge is 2.32. The zero-order chi connectivity index (χ0) is 12.1. The third-order valence-electron chi connectivity index (χ3n) is 3.50. The number of nitrogens with one attached hydrogen (secondary N) is 1. The Balaban J connectivity index is 2.78. The van der Waals surface area contributed by atoms with Crippen LogP contribution in [-0.2, 0) is 4.79 Å². The standard InChI is InChI=1S/C12H25N3O/c1-9(2)11(12(16)14-13)15-8-6-4-5-7-10(15)3/h9-11H,4-8,13H2,1-3H3,(H,14,16). The van der Waals surface area contributed by atoms with Crippen LogP contribution in [0.5, 0.6) is 0 Å². The molecule has 2 unspecified atom stereocenters. The number of likely N-dealkylation sites (tertiary alicyclic amines) is 1. The van der Waals surface area contributed by atoms with Crippen LogP contribution in [0.25, 0.3) is 0 Å². The molecule has 2 atom stereocenters. The van der Waals surface area contributed by atoms with Gasteiger partial charge in [0.1, 0.15) is 0 Å². The molecule has 1 saturated heterocycles. The lowest BCUT2D eigenvalue weighted by molar-refractivity contribution is -0.129. The summed E-state index contributed by atoms with van der Waals surface area (Å²) in [7, 11) is 0.